The van der Waals surface area contributed by atoms with Crippen molar-refractivity contribution in [1.29, 1.82) is 0 Å². The molecule has 0 aliphatic rings. The fourth-order valence-corrected chi connectivity index (χ4v) is 2.87. The van der Waals surface area contributed by atoms with Crippen molar-refractivity contribution in [2.45, 2.75) is 0 Å². The number of rotatable bonds is 7. The molecule has 0 saturated heterocycles. The first kappa shape index (κ1) is 20.6. The zero-order valence-electron chi connectivity index (χ0n) is 15.1. The molecule has 3 aromatic rings. The zero-order valence-corrected chi connectivity index (χ0v) is 17.5. The van der Waals surface area contributed by atoms with E-state index in [1.807, 2.05) is 0 Å². The molecule has 0 saturated carbocycles. The molecule has 2 N–H and O–H groups in total. The minimum atomic E-state index is -0.596. The van der Waals surface area contributed by atoms with Crippen molar-refractivity contribution in [3.8, 4) is 11.5 Å². The summed E-state index contributed by atoms with van der Waals surface area (Å²) >= 11 is 9.45. The maximum absolute atomic E-state index is 11.7. The van der Waals surface area contributed by atoms with E-state index >= 15 is 0 Å². The molecule has 0 amide bonds. The van der Waals surface area contributed by atoms with E-state index in [9.17, 15) is 10.1 Å². The van der Waals surface area contributed by atoms with E-state index in [1.54, 1.807) is 24.4 Å². The van der Waals surface area contributed by atoms with Gasteiger partial charge in [-0.15, -0.1) is 0 Å². The van der Waals surface area contributed by atoms with Gasteiger partial charge >= 0.3 is 5.69 Å². The predicted octanol–water partition coefficient (Wildman–Crippen LogP) is 4.70. The highest BCUT2D eigenvalue weighted by Gasteiger charge is 2.25. The van der Waals surface area contributed by atoms with Gasteiger partial charge < -0.3 is 20.1 Å². The van der Waals surface area contributed by atoms with Crippen LogP contribution in [0.4, 0.5) is 28.8 Å². The molecule has 0 unspecified atom stereocenters. The highest BCUT2D eigenvalue weighted by Crippen LogP contribution is 2.39. The van der Waals surface area contributed by atoms with Crippen molar-refractivity contribution in [3.05, 3.63) is 56.4 Å². The Morgan fingerprint density at radius 3 is 2.34 bits per heavy atom. The van der Waals surface area contributed by atoms with Gasteiger partial charge in [0, 0.05) is 16.7 Å². The number of nitro groups is 1. The molecule has 10 nitrogen and oxygen atoms in total. The summed E-state index contributed by atoms with van der Waals surface area (Å²) in [5.41, 5.74) is -0.000899. The molecule has 3 rings (SSSR count). The molecule has 0 aliphatic heterocycles. The fraction of sp³-hybridized carbons (Fsp3) is 0.118. The van der Waals surface area contributed by atoms with E-state index in [4.69, 9.17) is 21.1 Å². The highest BCUT2D eigenvalue weighted by atomic mass is 79.9. The lowest BCUT2D eigenvalue weighted by atomic mass is 10.2. The average Bonchev–Trinajstić information content (AvgIpc) is 2.70. The van der Waals surface area contributed by atoms with Crippen LogP contribution >= 0.6 is 27.5 Å². The second kappa shape index (κ2) is 8.88. The van der Waals surface area contributed by atoms with Crippen molar-refractivity contribution in [2.24, 2.45) is 0 Å². The second-order valence-corrected chi connectivity index (χ2v) is 6.80. The van der Waals surface area contributed by atoms with Gasteiger partial charge in [0.05, 0.1) is 29.9 Å². The molecule has 0 aliphatic carbocycles. The van der Waals surface area contributed by atoms with Gasteiger partial charge in [0.15, 0.2) is 0 Å². The molecule has 2 aromatic heterocycles. The molecular weight excluding hydrogens is 468 g/mol. The Bertz CT molecular complexity index is 1050. The van der Waals surface area contributed by atoms with Crippen LogP contribution in [0.5, 0.6) is 11.5 Å². The van der Waals surface area contributed by atoms with Crippen LogP contribution in [0.1, 0.15) is 0 Å². The van der Waals surface area contributed by atoms with Crippen molar-refractivity contribution >= 4 is 56.4 Å². The number of anilines is 4. The Labute approximate surface area is 178 Å². The first-order valence-electron chi connectivity index (χ1n) is 7.99. The third-order valence-corrected chi connectivity index (χ3v) is 4.47. The topological polar surface area (TPSA) is 124 Å². The first-order valence-corrected chi connectivity index (χ1v) is 9.16. The molecule has 2 heterocycles. The molecule has 1 aromatic carbocycles. The average molecular weight is 482 g/mol. The van der Waals surface area contributed by atoms with Crippen LogP contribution in [0, 0.1) is 10.1 Å². The van der Waals surface area contributed by atoms with Crippen molar-refractivity contribution in [2.75, 3.05) is 24.9 Å². The third-order valence-electron chi connectivity index (χ3n) is 3.71. The number of aromatic nitrogens is 3. The van der Waals surface area contributed by atoms with Gasteiger partial charge in [0.25, 0.3) is 0 Å². The molecule has 29 heavy (non-hydrogen) atoms. The zero-order chi connectivity index (χ0) is 21.0. The summed E-state index contributed by atoms with van der Waals surface area (Å²) in [5, 5.41) is 17.7. The molecule has 0 atom stereocenters. The molecule has 0 bridgehead atoms. The van der Waals surface area contributed by atoms with Crippen molar-refractivity contribution in [1.82, 2.24) is 15.0 Å². The number of hydrogen-bond donors (Lipinski definition) is 2. The standard InChI is InChI=1S/C17H14BrClN6O4/c1-28-12-6-13(29-2)11(5-10(12)19)23-16-15(25(26)27)17(22-8-21-16)24-14-4-3-9(18)7-20-14/h3-8H,1-2H3,(H2,20,21,22,23,24). The van der Waals surface area contributed by atoms with Gasteiger partial charge in [-0.25, -0.2) is 15.0 Å². The van der Waals surface area contributed by atoms with Crippen LogP contribution < -0.4 is 20.1 Å². The minimum Gasteiger partial charge on any atom is -0.495 e. The number of benzene rings is 1. The lowest BCUT2D eigenvalue weighted by Crippen LogP contribution is -2.06. The summed E-state index contributed by atoms with van der Waals surface area (Å²) in [4.78, 5) is 23.2. The monoisotopic (exact) mass is 480 g/mol. The first-order chi connectivity index (χ1) is 13.9. The largest absolute Gasteiger partial charge is 0.495 e. The lowest BCUT2D eigenvalue weighted by molar-refractivity contribution is -0.383. The van der Waals surface area contributed by atoms with E-state index < -0.39 is 4.92 Å². The summed E-state index contributed by atoms with van der Waals surface area (Å²) in [6, 6.07) is 6.47. The van der Waals surface area contributed by atoms with Gasteiger partial charge in [-0.05, 0) is 34.1 Å². The predicted molar refractivity (Wildman–Crippen MR) is 112 cm³/mol. The van der Waals surface area contributed by atoms with E-state index in [0.29, 0.717) is 28.0 Å². The Morgan fingerprint density at radius 2 is 1.76 bits per heavy atom. The highest BCUT2D eigenvalue weighted by molar-refractivity contribution is 9.10. The number of ether oxygens (including phenoxy) is 2. The van der Waals surface area contributed by atoms with E-state index in [2.05, 4.69) is 41.5 Å². The molecule has 0 radical (unpaired) electrons. The van der Waals surface area contributed by atoms with Crippen LogP contribution in [0.15, 0.2) is 41.3 Å². The molecule has 12 heteroatoms. The maximum atomic E-state index is 11.7. The number of methoxy groups -OCH3 is 2. The van der Waals surface area contributed by atoms with Crippen molar-refractivity contribution in [3.63, 3.8) is 0 Å². The summed E-state index contributed by atoms with van der Waals surface area (Å²) in [7, 11) is 2.92. The molecule has 150 valence electrons. The van der Waals surface area contributed by atoms with Crippen LogP contribution in [0.25, 0.3) is 0 Å². The normalized spacial score (nSPS) is 10.3. The maximum Gasteiger partial charge on any atom is 0.353 e. The molecule has 0 spiro atoms. The van der Waals surface area contributed by atoms with Gasteiger partial charge in [-0.3, -0.25) is 10.1 Å². The Hall–Kier alpha value is -3.18. The fourth-order valence-electron chi connectivity index (χ4n) is 2.39. The Kier molecular flexibility index (Phi) is 6.29. The summed E-state index contributed by atoms with van der Waals surface area (Å²) in [5.74, 6) is 1.06. The van der Waals surface area contributed by atoms with Gasteiger partial charge in [0.1, 0.15) is 23.6 Å². The van der Waals surface area contributed by atoms with E-state index in [0.717, 1.165) is 4.47 Å². The number of hydrogen-bond acceptors (Lipinski definition) is 9. The summed E-state index contributed by atoms with van der Waals surface area (Å²) < 4.78 is 11.2. The third kappa shape index (κ3) is 4.63. The SMILES string of the molecule is COc1cc(OC)c(Nc2ncnc(Nc3ccc(Br)cn3)c2[N+](=O)[O-])cc1Cl. The number of halogens is 2. The smallest absolute Gasteiger partial charge is 0.353 e. The van der Waals surface area contributed by atoms with E-state index in [-0.39, 0.29) is 17.3 Å². The van der Waals surface area contributed by atoms with Crippen LogP contribution in [-0.2, 0) is 0 Å². The van der Waals surface area contributed by atoms with Crippen LogP contribution in [-0.4, -0.2) is 34.1 Å². The number of nitrogens with one attached hydrogen (secondary N) is 2. The van der Waals surface area contributed by atoms with Gasteiger partial charge in [0.2, 0.25) is 11.6 Å². The Balaban J connectivity index is 2.01. The lowest BCUT2D eigenvalue weighted by Gasteiger charge is -2.14. The quantitative estimate of drug-likeness (QED) is 0.365. The minimum absolute atomic E-state index is 0.0269. The van der Waals surface area contributed by atoms with E-state index in [1.165, 1.54) is 26.6 Å². The van der Waals surface area contributed by atoms with Gasteiger partial charge in [-0.2, -0.15) is 0 Å². The van der Waals surface area contributed by atoms with Crippen LogP contribution in [0.2, 0.25) is 5.02 Å². The molecular formula is C17H14BrClN6O4. The second-order valence-electron chi connectivity index (χ2n) is 5.48. The number of pyridine rings is 1. The van der Waals surface area contributed by atoms with Crippen molar-refractivity contribution < 1.29 is 14.4 Å². The summed E-state index contributed by atoms with van der Waals surface area (Å²) in [6.45, 7) is 0. The molecule has 0 fully saturated rings. The Morgan fingerprint density at radius 1 is 1.07 bits per heavy atom. The summed E-state index contributed by atoms with van der Waals surface area (Å²) in [6.07, 6.45) is 2.74. The number of nitrogens with zero attached hydrogens (tertiary/aromatic N) is 4. The van der Waals surface area contributed by atoms with Crippen LogP contribution in [0.3, 0.4) is 0 Å². The van der Waals surface area contributed by atoms with Gasteiger partial charge in [-0.1, -0.05) is 11.6 Å².